The number of hydrogen-bond acceptors (Lipinski definition) is 5. The number of amides is 1. The van der Waals surface area contributed by atoms with Crippen molar-refractivity contribution < 1.29 is 9.53 Å². The number of methoxy groups -OCH3 is 1. The van der Waals surface area contributed by atoms with Crippen LogP contribution in [0.2, 0.25) is 0 Å². The lowest BCUT2D eigenvalue weighted by Gasteiger charge is -2.27. The molecule has 20 heavy (non-hydrogen) atoms. The van der Waals surface area contributed by atoms with Gasteiger partial charge in [-0.25, -0.2) is 0 Å². The van der Waals surface area contributed by atoms with Crippen molar-refractivity contribution in [1.29, 1.82) is 0 Å². The summed E-state index contributed by atoms with van der Waals surface area (Å²) in [5, 5.41) is 3.36. The van der Waals surface area contributed by atoms with Gasteiger partial charge in [-0.05, 0) is 47.7 Å². The van der Waals surface area contributed by atoms with Gasteiger partial charge < -0.3 is 21.5 Å². The van der Waals surface area contributed by atoms with Gasteiger partial charge in [0.15, 0.2) is 0 Å². The molecule has 0 aliphatic heterocycles. The van der Waals surface area contributed by atoms with Crippen molar-refractivity contribution >= 4 is 27.7 Å². The van der Waals surface area contributed by atoms with Gasteiger partial charge in [-0.3, -0.25) is 4.79 Å². The minimum atomic E-state index is -0.565. The van der Waals surface area contributed by atoms with Gasteiger partial charge in [-0.15, -0.1) is 0 Å². The number of pyridine rings is 1. The van der Waals surface area contributed by atoms with Crippen LogP contribution in [0.3, 0.4) is 0 Å². The summed E-state index contributed by atoms with van der Waals surface area (Å²) < 4.78 is 5.81. The topological polar surface area (TPSA) is 103 Å². The predicted molar refractivity (Wildman–Crippen MR) is 80.9 cm³/mol. The standard InChI is InChI=1S/C13H19BrN4O2/c1-20-13-9(11(16)19)6-10(14)12(18-13)17-8-4-2-7(15)3-5-8/h6-8H,2-5,15H2,1H3,(H2,16,19)(H,17,18). The Morgan fingerprint density at radius 2 is 2.10 bits per heavy atom. The van der Waals surface area contributed by atoms with Crippen molar-refractivity contribution in [1.82, 2.24) is 4.98 Å². The summed E-state index contributed by atoms with van der Waals surface area (Å²) >= 11 is 3.40. The zero-order valence-electron chi connectivity index (χ0n) is 11.4. The summed E-state index contributed by atoms with van der Waals surface area (Å²) in [6.07, 6.45) is 4.03. The van der Waals surface area contributed by atoms with Crippen molar-refractivity contribution in [2.24, 2.45) is 11.5 Å². The SMILES string of the molecule is COc1nc(NC2CCC(N)CC2)c(Br)cc1C(N)=O. The molecule has 7 heteroatoms. The van der Waals surface area contributed by atoms with E-state index in [1.807, 2.05) is 0 Å². The van der Waals surface area contributed by atoms with Crippen LogP contribution in [0.4, 0.5) is 5.82 Å². The number of nitrogens with two attached hydrogens (primary N) is 2. The first kappa shape index (κ1) is 15.1. The van der Waals surface area contributed by atoms with Crippen LogP contribution < -0.4 is 21.5 Å². The Labute approximate surface area is 126 Å². The smallest absolute Gasteiger partial charge is 0.254 e. The molecular formula is C13H19BrN4O2. The molecule has 1 saturated carbocycles. The number of aromatic nitrogens is 1. The molecule has 1 aliphatic rings. The van der Waals surface area contributed by atoms with Crippen LogP contribution in [-0.2, 0) is 0 Å². The number of hydrogen-bond donors (Lipinski definition) is 3. The Morgan fingerprint density at radius 1 is 1.45 bits per heavy atom. The maximum Gasteiger partial charge on any atom is 0.254 e. The van der Waals surface area contributed by atoms with Crippen LogP contribution in [0.1, 0.15) is 36.0 Å². The third-order valence-corrected chi connectivity index (χ3v) is 4.12. The second-order valence-corrected chi connectivity index (χ2v) is 5.85. The number of primary amides is 1. The molecule has 0 atom stereocenters. The number of anilines is 1. The molecule has 1 aromatic rings. The van der Waals surface area contributed by atoms with E-state index >= 15 is 0 Å². The van der Waals surface area contributed by atoms with E-state index in [9.17, 15) is 4.79 Å². The summed E-state index contributed by atoms with van der Waals surface area (Å²) in [7, 11) is 1.46. The summed E-state index contributed by atoms with van der Waals surface area (Å²) in [6.45, 7) is 0. The van der Waals surface area contributed by atoms with Crippen LogP contribution in [0.15, 0.2) is 10.5 Å². The van der Waals surface area contributed by atoms with E-state index in [4.69, 9.17) is 16.2 Å². The second kappa shape index (κ2) is 6.41. The van der Waals surface area contributed by atoms with Crippen molar-refractivity contribution in [2.75, 3.05) is 12.4 Å². The lowest BCUT2D eigenvalue weighted by atomic mass is 9.92. The van der Waals surface area contributed by atoms with Crippen LogP contribution in [0.5, 0.6) is 5.88 Å². The highest BCUT2D eigenvalue weighted by molar-refractivity contribution is 9.10. The number of halogens is 1. The summed E-state index contributed by atoms with van der Waals surface area (Å²) in [5.41, 5.74) is 11.4. The number of nitrogens with one attached hydrogen (secondary N) is 1. The number of ether oxygens (including phenoxy) is 1. The Kier molecular flexibility index (Phi) is 4.82. The van der Waals surface area contributed by atoms with E-state index in [0.29, 0.717) is 22.4 Å². The zero-order valence-corrected chi connectivity index (χ0v) is 12.9. The maximum absolute atomic E-state index is 11.3. The van der Waals surface area contributed by atoms with Crippen molar-refractivity contribution in [3.05, 3.63) is 16.1 Å². The van der Waals surface area contributed by atoms with Gasteiger partial charge in [0.1, 0.15) is 11.4 Å². The molecule has 0 aromatic carbocycles. The lowest BCUT2D eigenvalue weighted by Crippen LogP contribution is -2.33. The molecular weight excluding hydrogens is 324 g/mol. The second-order valence-electron chi connectivity index (χ2n) is 5.00. The quantitative estimate of drug-likeness (QED) is 0.771. The summed E-state index contributed by atoms with van der Waals surface area (Å²) in [5.74, 6) is 0.327. The maximum atomic E-state index is 11.3. The van der Waals surface area contributed by atoms with Gasteiger partial charge in [0.25, 0.3) is 5.91 Å². The molecule has 2 rings (SSSR count). The first-order valence-electron chi connectivity index (χ1n) is 6.57. The van der Waals surface area contributed by atoms with Crippen molar-refractivity contribution in [2.45, 2.75) is 37.8 Å². The van der Waals surface area contributed by atoms with E-state index in [0.717, 1.165) is 25.7 Å². The molecule has 1 aliphatic carbocycles. The molecule has 6 nitrogen and oxygen atoms in total. The van der Waals surface area contributed by atoms with Crippen LogP contribution >= 0.6 is 15.9 Å². The lowest BCUT2D eigenvalue weighted by molar-refractivity contribution is 0.0996. The molecule has 110 valence electrons. The van der Waals surface area contributed by atoms with Gasteiger partial charge in [-0.1, -0.05) is 0 Å². The summed E-state index contributed by atoms with van der Waals surface area (Å²) in [6, 6.07) is 2.27. The zero-order chi connectivity index (χ0) is 14.7. The van der Waals surface area contributed by atoms with E-state index in [-0.39, 0.29) is 11.4 Å². The highest BCUT2D eigenvalue weighted by Crippen LogP contribution is 2.29. The van der Waals surface area contributed by atoms with Crippen molar-refractivity contribution in [3.63, 3.8) is 0 Å². The third kappa shape index (κ3) is 3.40. The van der Waals surface area contributed by atoms with E-state index in [1.165, 1.54) is 7.11 Å². The minimum Gasteiger partial charge on any atom is -0.480 e. The van der Waals surface area contributed by atoms with Gasteiger partial charge >= 0.3 is 0 Å². The Bertz CT molecular complexity index is 501. The number of nitrogens with zero attached hydrogens (tertiary/aromatic N) is 1. The van der Waals surface area contributed by atoms with Gasteiger partial charge in [0.2, 0.25) is 5.88 Å². The van der Waals surface area contributed by atoms with E-state index in [1.54, 1.807) is 6.07 Å². The van der Waals surface area contributed by atoms with Gasteiger partial charge in [0, 0.05) is 12.1 Å². The van der Waals surface area contributed by atoms with Crippen LogP contribution in [0, 0.1) is 0 Å². The van der Waals surface area contributed by atoms with E-state index < -0.39 is 5.91 Å². The predicted octanol–water partition coefficient (Wildman–Crippen LogP) is 1.63. The molecule has 1 heterocycles. The Balaban J connectivity index is 2.17. The molecule has 0 spiro atoms. The highest BCUT2D eigenvalue weighted by atomic mass is 79.9. The highest BCUT2D eigenvalue weighted by Gasteiger charge is 2.21. The Morgan fingerprint density at radius 3 is 2.65 bits per heavy atom. The molecule has 5 N–H and O–H groups in total. The summed E-state index contributed by atoms with van der Waals surface area (Å²) in [4.78, 5) is 15.6. The molecule has 1 fully saturated rings. The fraction of sp³-hybridized carbons (Fsp3) is 0.538. The number of carbonyl (C=O) groups excluding carboxylic acids is 1. The largest absolute Gasteiger partial charge is 0.480 e. The monoisotopic (exact) mass is 342 g/mol. The first-order chi connectivity index (χ1) is 9.51. The molecule has 0 bridgehead atoms. The molecule has 0 unspecified atom stereocenters. The third-order valence-electron chi connectivity index (χ3n) is 3.51. The average Bonchev–Trinajstić information content (AvgIpc) is 2.42. The van der Waals surface area contributed by atoms with E-state index in [2.05, 4.69) is 26.2 Å². The van der Waals surface area contributed by atoms with Crippen LogP contribution in [-0.4, -0.2) is 30.1 Å². The number of rotatable bonds is 4. The molecule has 1 aromatic heterocycles. The minimum absolute atomic E-state index is 0.232. The Hall–Kier alpha value is -1.34. The average molecular weight is 343 g/mol. The number of carbonyl (C=O) groups is 1. The molecule has 1 amide bonds. The fourth-order valence-corrected chi connectivity index (χ4v) is 2.79. The van der Waals surface area contributed by atoms with Crippen molar-refractivity contribution in [3.8, 4) is 5.88 Å². The fourth-order valence-electron chi connectivity index (χ4n) is 2.36. The normalized spacial score (nSPS) is 22.4. The van der Waals surface area contributed by atoms with Gasteiger partial charge in [-0.2, -0.15) is 4.98 Å². The van der Waals surface area contributed by atoms with Crippen LogP contribution in [0.25, 0.3) is 0 Å². The first-order valence-corrected chi connectivity index (χ1v) is 7.37. The van der Waals surface area contributed by atoms with Gasteiger partial charge in [0.05, 0.1) is 11.6 Å². The molecule has 0 radical (unpaired) electrons. The molecule has 0 saturated heterocycles.